The van der Waals surface area contributed by atoms with E-state index in [2.05, 4.69) is 45.9 Å². The van der Waals surface area contributed by atoms with E-state index >= 15 is 0 Å². The molecule has 0 saturated heterocycles. The fraction of sp³-hybridized carbons (Fsp3) is 0.667. The summed E-state index contributed by atoms with van der Waals surface area (Å²) in [6.45, 7) is 9.43. The third-order valence-corrected chi connectivity index (χ3v) is 4.76. The van der Waals surface area contributed by atoms with Gasteiger partial charge in [-0.1, -0.05) is 43.5 Å². The SMILES string of the molecule is CCOC1(C(N)c2cc(C)ccc2C)CCCC(C)C1. The number of nitrogens with two attached hydrogens (primary N) is 1. The molecule has 0 aliphatic heterocycles. The van der Waals surface area contributed by atoms with Gasteiger partial charge in [0.2, 0.25) is 0 Å². The molecule has 3 atom stereocenters. The lowest BCUT2D eigenvalue weighted by Crippen LogP contribution is -2.47. The van der Waals surface area contributed by atoms with Crippen molar-refractivity contribution in [3.63, 3.8) is 0 Å². The second-order valence-corrected chi connectivity index (χ2v) is 6.54. The molecule has 0 spiro atoms. The number of hydrogen-bond donors (Lipinski definition) is 1. The maximum Gasteiger partial charge on any atom is 0.0876 e. The second kappa shape index (κ2) is 6.28. The van der Waals surface area contributed by atoms with E-state index in [9.17, 15) is 0 Å². The van der Waals surface area contributed by atoms with Gasteiger partial charge in [-0.15, -0.1) is 0 Å². The highest BCUT2D eigenvalue weighted by atomic mass is 16.5. The molecule has 3 unspecified atom stereocenters. The Balaban J connectivity index is 2.35. The van der Waals surface area contributed by atoms with Crippen LogP contribution in [0.5, 0.6) is 0 Å². The molecule has 1 saturated carbocycles. The molecule has 1 fully saturated rings. The van der Waals surface area contributed by atoms with Gasteiger partial charge >= 0.3 is 0 Å². The van der Waals surface area contributed by atoms with Gasteiger partial charge < -0.3 is 10.5 Å². The third kappa shape index (κ3) is 3.07. The monoisotopic (exact) mass is 275 g/mol. The Morgan fingerprint density at radius 3 is 2.80 bits per heavy atom. The Labute approximate surface area is 123 Å². The first-order valence-electron chi connectivity index (χ1n) is 7.95. The highest BCUT2D eigenvalue weighted by molar-refractivity contribution is 5.34. The Bertz CT molecular complexity index is 453. The molecule has 1 aromatic rings. The van der Waals surface area contributed by atoms with Crippen LogP contribution in [-0.4, -0.2) is 12.2 Å². The van der Waals surface area contributed by atoms with Crippen LogP contribution in [0.1, 0.15) is 62.3 Å². The summed E-state index contributed by atoms with van der Waals surface area (Å²) in [5.74, 6) is 0.700. The lowest BCUT2D eigenvalue weighted by molar-refractivity contribution is -0.0939. The van der Waals surface area contributed by atoms with Gasteiger partial charge in [-0.2, -0.15) is 0 Å². The van der Waals surface area contributed by atoms with Crippen LogP contribution in [0.2, 0.25) is 0 Å². The van der Waals surface area contributed by atoms with Crippen molar-refractivity contribution in [3.05, 3.63) is 34.9 Å². The van der Waals surface area contributed by atoms with Crippen LogP contribution in [0.4, 0.5) is 0 Å². The average Bonchev–Trinajstić information content (AvgIpc) is 2.41. The number of benzene rings is 1. The zero-order chi connectivity index (χ0) is 14.8. The molecule has 0 heterocycles. The summed E-state index contributed by atoms with van der Waals surface area (Å²) >= 11 is 0. The van der Waals surface area contributed by atoms with Crippen molar-refractivity contribution in [1.82, 2.24) is 0 Å². The predicted molar refractivity (Wildman–Crippen MR) is 84.8 cm³/mol. The summed E-state index contributed by atoms with van der Waals surface area (Å²) in [5, 5.41) is 0. The maximum absolute atomic E-state index is 6.70. The van der Waals surface area contributed by atoms with E-state index in [1.807, 2.05) is 0 Å². The molecule has 0 bridgehead atoms. The van der Waals surface area contributed by atoms with Crippen LogP contribution in [0, 0.1) is 19.8 Å². The van der Waals surface area contributed by atoms with Crippen molar-refractivity contribution in [2.24, 2.45) is 11.7 Å². The first-order chi connectivity index (χ1) is 9.48. The fourth-order valence-electron chi connectivity index (χ4n) is 3.71. The minimum absolute atomic E-state index is 0.0231. The van der Waals surface area contributed by atoms with Crippen LogP contribution < -0.4 is 5.73 Å². The lowest BCUT2D eigenvalue weighted by atomic mass is 9.72. The van der Waals surface area contributed by atoms with Crippen molar-refractivity contribution in [2.45, 2.75) is 65.0 Å². The van der Waals surface area contributed by atoms with Gasteiger partial charge in [0.15, 0.2) is 0 Å². The quantitative estimate of drug-likeness (QED) is 0.889. The normalized spacial score (nSPS) is 28.4. The van der Waals surface area contributed by atoms with Crippen LogP contribution >= 0.6 is 0 Å². The number of aryl methyl sites for hydroxylation is 2. The molecule has 0 amide bonds. The van der Waals surface area contributed by atoms with Crippen LogP contribution in [0.25, 0.3) is 0 Å². The van der Waals surface area contributed by atoms with E-state index in [0.29, 0.717) is 5.92 Å². The van der Waals surface area contributed by atoms with Gasteiger partial charge in [0, 0.05) is 6.61 Å². The first-order valence-corrected chi connectivity index (χ1v) is 7.95. The van der Waals surface area contributed by atoms with Gasteiger partial charge in [0.05, 0.1) is 11.6 Å². The molecular formula is C18H29NO. The molecule has 2 N–H and O–H groups in total. The topological polar surface area (TPSA) is 35.2 Å². The van der Waals surface area contributed by atoms with E-state index in [1.165, 1.54) is 29.5 Å². The molecule has 2 rings (SSSR count). The van der Waals surface area contributed by atoms with Gasteiger partial charge in [-0.3, -0.25) is 0 Å². The van der Waals surface area contributed by atoms with Gasteiger partial charge in [-0.25, -0.2) is 0 Å². The van der Waals surface area contributed by atoms with E-state index in [4.69, 9.17) is 10.5 Å². The summed E-state index contributed by atoms with van der Waals surface area (Å²) in [6.07, 6.45) is 4.68. The molecule has 2 heteroatoms. The van der Waals surface area contributed by atoms with Crippen molar-refractivity contribution < 1.29 is 4.74 Å². The summed E-state index contributed by atoms with van der Waals surface area (Å²) in [7, 11) is 0. The Kier molecular flexibility index (Phi) is 4.87. The zero-order valence-corrected chi connectivity index (χ0v) is 13.4. The molecule has 1 aromatic carbocycles. The molecule has 0 aromatic heterocycles. The van der Waals surface area contributed by atoms with Gasteiger partial charge in [-0.05, 0) is 50.7 Å². The fourth-order valence-corrected chi connectivity index (χ4v) is 3.71. The Morgan fingerprint density at radius 2 is 2.15 bits per heavy atom. The molecule has 2 nitrogen and oxygen atoms in total. The Hall–Kier alpha value is -0.860. The summed E-state index contributed by atoms with van der Waals surface area (Å²) in [4.78, 5) is 0. The van der Waals surface area contributed by atoms with Crippen molar-refractivity contribution >= 4 is 0 Å². The van der Waals surface area contributed by atoms with Crippen LogP contribution in [0.3, 0.4) is 0 Å². The van der Waals surface area contributed by atoms with Gasteiger partial charge in [0.1, 0.15) is 0 Å². The minimum Gasteiger partial charge on any atom is -0.373 e. The highest BCUT2D eigenvalue weighted by Gasteiger charge is 2.42. The number of ether oxygens (including phenoxy) is 1. The van der Waals surface area contributed by atoms with Crippen LogP contribution in [-0.2, 0) is 4.74 Å². The van der Waals surface area contributed by atoms with E-state index < -0.39 is 0 Å². The highest BCUT2D eigenvalue weighted by Crippen LogP contribution is 2.43. The summed E-state index contributed by atoms with van der Waals surface area (Å²) < 4.78 is 6.23. The molecule has 112 valence electrons. The smallest absolute Gasteiger partial charge is 0.0876 e. The lowest BCUT2D eigenvalue weighted by Gasteiger charge is -2.44. The molecule has 1 aliphatic rings. The maximum atomic E-state index is 6.70. The van der Waals surface area contributed by atoms with Crippen molar-refractivity contribution in [2.75, 3.05) is 6.61 Å². The minimum atomic E-state index is -0.176. The summed E-state index contributed by atoms with van der Waals surface area (Å²) in [6, 6.07) is 6.55. The Morgan fingerprint density at radius 1 is 1.40 bits per heavy atom. The third-order valence-electron chi connectivity index (χ3n) is 4.76. The number of rotatable bonds is 4. The van der Waals surface area contributed by atoms with E-state index in [-0.39, 0.29) is 11.6 Å². The standard InChI is InChI=1S/C18H29NO/c1-5-20-18(10-6-7-14(3)12-18)17(19)16-11-13(2)8-9-15(16)4/h8-9,11,14,17H,5-7,10,12,19H2,1-4H3. The number of hydrogen-bond acceptors (Lipinski definition) is 2. The molecule has 0 radical (unpaired) electrons. The molecule has 1 aliphatic carbocycles. The molecular weight excluding hydrogens is 246 g/mol. The zero-order valence-electron chi connectivity index (χ0n) is 13.4. The van der Waals surface area contributed by atoms with Crippen LogP contribution in [0.15, 0.2) is 18.2 Å². The second-order valence-electron chi connectivity index (χ2n) is 6.54. The summed E-state index contributed by atoms with van der Waals surface area (Å²) in [5.41, 5.74) is 10.3. The van der Waals surface area contributed by atoms with Crippen molar-refractivity contribution in [3.8, 4) is 0 Å². The average molecular weight is 275 g/mol. The van der Waals surface area contributed by atoms with Gasteiger partial charge in [0.25, 0.3) is 0 Å². The predicted octanol–water partition coefficient (Wildman–Crippen LogP) is 4.29. The molecule has 20 heavy (non-hydrogen) atoms. The van der Waals surface area contributed by atoms with E-state index in [0.717, 1.165) is 19.4 Å². The largest absolute Gasteiger partial charge is 0.373 e. The van der Waals surface area contributed by atoms with Crippen molar-refractivity contribution in [1.29, 1.82) is 0 Å². The van der Waals surface area contributed by atoms with E-state index in [1.54, 1.807) is 0 Å². The first kappa shape index (κ1) is 15.5.